The second-order valence-corrected chi connectivity index (χ2v) is 5.49. The van der Waals surface area contributed by atoms with Crippen LogP contribution in [0, 0.1) is 0 Å². The van der Waals surface area contributed by atoms with E-state index in [1.165, 1.54) is 0 Å². The van der Waals surface area contributed by atoms with Gasteiger partial charge in [-0.1, -0.05) is 12.1 Å². The van der Waals surface area contributed by atoms with Gasteiger partial charge in [0.15, 0.2) is 0 Å². The van der Waals surface area contributed by atoms with Crippen molar-refractivity contribution in [3.63, 3.8) is 0 Å². The van der Waals surface area contributed by atoms with E-state index in [4.69, 9.17) is 4.74 Å². The lowest BCUT2D eigenvalue weighted by Crippen LogP contribution is -2.41. The Morgan fingerprint density at radius 1 is 1.24 bits per heavy atom. The zero-order valence-corrected chi connectivity index (χ0v) is 13.5. The molecule has 1 aromatic rings. The van der Waals surface area contributed by atoms with Crippen LogP contribution in [0.25, 0.3) is 0 Å². The van der Waals surface area contributed by atoms with E-state index >= 15 is 0 Å². The number of benzene rings is 1. The maximum absolute atomic E-state index is 12.1. The first-order valence-electron chi connectivity index (χ1n) is 7.11. The minimum atomic E-state index is -0.208. The predicted molar refractivity (Wildman–Crippen MR) is 83.4 cm³/mol. The van der Waals surface area contributed by atoms with Crippen molar-refractivity contribution in [2.45, 2.75) is 25.9 Å². The van der Waals surface area contributed by atoms with Gasteiger partial charge in [-0.15, -0.1) is 0 Å². The number of aliphatic hydroxyl groups excluding tert-OH is 1. The number of hydrogen-bond donors (Lipinski definition) is 1. The molecule has 1 atom stereocenters. The molecular weight excluding hydrogens is 268 g/mol. The van der Waals surface area contributed by atoms with Crippen LogP contribution in [0.5, 0.6) is 5.75 Å². The first-order valence-corrected chi connectivity index (χ1v) is 7.11. The fourth-order valence-corrected chi connectivity index (χ4v) is 2.05. The smallest absolute Gasteiger partial charge is 0.236 e. The molecule has 0 spiro atoms. The molecule has 0 bridgehead atoms. The van der Waals surface area contributed by atoms with Gasteiger partial charge in [-0.25, -0.2) is 0 Å². The van der Waals surface area contributed by atoms with Crippen LogP contribution in [0.2, 0.25) is 0 Å². The largest absolute Gasteiger partial charge is 0.497 e. The Kier molecular flexibility index (Phi) is 6.65. The third-order valence-corrected chi connectivity index (χ3v) is 3.76. The minimum Gasteiger partial charge on any atom is -0.497 e. The Labute approximate surface area is 127 Å². The molecule has 1 amide bonds. The van der Waals surface area contributed by atoms with E-state index in [-0.39, 0.29) is 31.1 Å². The number of ether oxygens (including phenoxy) is 1. The van der Waals surface area contributed by atoms with E-state index in [9.17, 15) is 9.90 Å². The highest BCUT2D eigenvalue weighted by Gasteiger charge is 2.21. The molecule has 118 valence electrons. The van der Waals surface area contributed by atoms with Crippen molar-refractivity contribution in [1.29, 1.82) is 0 Å². The Hall–Kier alpha value is -1.59. The summed E-state index contributed by atoms with van der Waals surface area (Å²) in [6, 6.07) is 7.49. The van der Waals surface area contributed by atoms with Crippen molar-refractivity contribution in [1.82, 2.24) is 9.80 Å². The van der Waals surface area contributed by atoms with Gasteiger partial charge in [0.2, 0.25) is 5.91 Å². The Balaban J connectivity index is 2.76. The summed E-state index contributed by atoms with van der Waals surface area (Å²) >= 11 is 0. The predicted octanol–water partition coefficient (Wildman–Crippen LogP) is 1.53. The molecule has 0 aromatic heterocycles. The average Bonchev–Trinajstić information content (AvgIpc) is 2.47. The molecule has 5 heteroatoms. The normalized spacial score (nSPS) is 12.6. The van der Waals surface area contributed by atoms with Crippen LogP contribution in [0.15, 0.2) is 24.3 Å². The highest BCUT2D eigenvalue weighted by molar-refractivity contribution is 5.78. The number of rotatable bonds is 7. The van der Waals surface area contributed by atoms with Gasteiger partial charge in [0, 0.05) is 13.1 Å². The molecule has 0 aliphatic rings. The molecule has 0 heterocycles. The molecular formula is C16H26N2O3. The maximum Gasteiger partial charge on any atom is 0.236 e. The first-order chi connectivity index (χ1) is 9.90. The molecule has 21 heavy (non-hydrogen) atoms. The molecule has 1 N–H and O–H groups in total. The number of carbonyl (C=O) groups is 1. The summed E-state index contributed by atoms with van der Waals surface area (Å²) in [5.41, 5.74) is 0.959. The third-order valence-electron chi connectivity index (χ3n) is 3.76. The summed E-state index contributed by atoms with van der Waals surface area (Å²) in [4.78, 5) is 15.7. The fraction of sp³-hybridized carbons (Fsp3) is 0.562. The SMILES string of the molecule is COc1ccc(C(CO)N(C)CC(=O)N(C)C(C)C)cc1. The Morgan fingerprint density at radius 3 is 2.24 bits per heavy atom. The van der Waals surface area contributed by atoms with E-state index < -0.39 is 0 Å². The van der Waals surface area contributed by atoms with Gasteiger partial charge in [0.25, 0.3) is 0 Å². The van der Waals surface area contributed by atoms with Crippen molar-refractivity contribution in [3.05, 3.63) is 29.8 Å². The standard InChI is InChI=1S/C16H26N2O3/c1-12(2)18(4)16(20)10-17(3)15(11-19)13-6-8-14(21-5)9-7-13/h6-9,12,15,19H,10-11H2,1-5H3. The second kappa shape index (κ2) is 8.00. The summed E-state index contributed by atoms with van der Waals surface area (Å²) in [6.45, 7) is 4.18. The van der Waals surface area contributed by atoms with E-state index in [1.54, 1.807) is 19.1 Å². The van der Waals surface area contributed by atoms with E-state index in [0.29, 0.717) is 0 Å². The van der Waals surface area contributed by atoms with Crippen LogP contribution < -0.4 is 4.74 Å². The Morgan fingerprint density at radius 2 is 1.81 bits per heavy atom. The van der Waals surface area contributed by atoms with Crippen LogP contribution in [-0.2, 0) is 4.79 Å². The van der Waals surface area contributed by atoms with Gasteiger partial charge in [0.05, 0.1) is 26.3 Å². The number of nitrogens with zero attached hydrogens (tertiary/aromatic N) is 2. The lowest BCUT2D eigenvalue weighted by Gasteiger charge is -2.29. The molecule has 0 radical (unpaired) electrons. The molecule has 0 saturated heterocycles. The molecule has 0 aliphatic carbocycles. The molecule has 5 nitrogen and oxygen atoms in total. The van der Waals surface area contributed by atoms with Crippen LogP contribution in [0.3, 0.4) is 0 Å². The minimum absolute atomic E-state index is 0.0402. The summed E-state index contributed by atoms with van der Waals surface area (Å²) in [5.74, 6) is 0.813. The van der Waals surface area contributed by atoms with E-state index in [1.807, 2.05) is 50.1 Å². The summed E-state index contributed by atoms with van der Waals surface area (Å²) in [5, 5.41) is 9.64. The zero-order chi connectivity index (χ0) is 16.0. The monoisotopic (exact) mass is 294 g/mol. The number of hydrogen-bond acceptors (Lipinski definition) is 4. The Bertz CT molecular complexity index is 445. The van der Waals surface area contributed by atoms with Crippen molar-refractivity contribution < 1.29 is 14.6 Å². The average molecular weight is 294 g/mol. The topological polar surface area (TPSA) is 53.0 Å². The molecule has 1 unspecified atom stereocenters. The van der Waals surface area contributed by atoms with Gasteiger partial charge in [-0.2, -0.15) is 0 Å². The van der Waals surface area contributed by atoms with Gasteiger partial charge in [-0.05, 0) is 38.6 Å². The van der Waals surface area contributed by atoms with Gasteiger partial charge < -0.3 is 14.7 Å². The summed E-state index contributed by atoms with van der Waals surface area (Å²) < 4.78 is 5.13. The zero-order valence-electron chi connectivity index (χ0n) is 13.5. The molecule has 1 rings (SSSR count). The quantitative estimate of drug-likeness (QED) is 0.828. The molecule has 0 fully saturated rings. The molecule has 0 saturated carbocycles. The van der Waals surface area contributed by atoms with Crippen LogP contribution in [-0.4, -0.2) is 61.2 Å². The highest BCUT2D eigenvalue weighted by atomic mass is 16.5. The van der Waals surface area contributed by atoms with Gasteiger partial charge in [-0.3, -0.25) is 9.69 Å². The molecule has 1 aromatic carbocycles. The number of amides is 1. The van der Waals surface area contributed by atoms with E-state index in [0.717, 1.165) is 11.3 Å². The third kappa shape index (κ3) is 4.72. The lowest BCUT2D eigenvalue weighted by molar-refractivity contribution is -0.133. The summed E-state index contributed by atoms with van der Waals surface area (Å²) in [7, 11) is 5.25. The number of methoxy groups -OCH3 is 1. The van der Waals surface area contributed by atoms with Crippen molar-refractivity contribution in [3.8, 4) is 5.75 Å². The maximum atomic E-state index is 12.1. The van der Waals surface area contributed by atoms with Gasteiger partial charge >= 0.3 is 0 Å². The second-order valence-electron chi connectivity index (χ2n) is 5.49. The summed E-state index contributed by atoms with van der Waals surface area (Å²) in [6.07, 6.45) is 0. The number of likely N-dealkylation sites (N-methyl/N-ethyl adjacent to an activating group) is 2. The van der Waals surface area contributed by atoms with Crippen LogP contribution in [0.1, 0.15) is 25.5 Å². The highest BCUT2D eigenvalue weighted by Crippen LogP contribution is 2.21. The first kappa shape index (κ1) is 17.5. The van der Waals surface area contributed by atoms with Crippen LogP contribution >= 0.6 is 0 Å². The fourth-order valence-electron chi connectivity index (χ4n) is 2.05. The number of carbonyl (C=O) groups excluding carboxylic acids is 1. The van der Waals surface area contributed by atoms with Crippen molar-refractivity contribution in [2.24, 2.45) is 0 Å². The van der Waals surface area contributed by atoms with Crippen LogP contribution in [0.4, 0.5) is 0 Å². The van der Waals surface area contributed by atoms with Crippen molar-refractivity contribution >= 4 is 5.91 Å². The number of aliphatic hydroxyl groups is 1. The molecule has 0 aliphatic heterocycles. The lowest BCUT2D eigenvalue weighted by atomic mass is 10.1. The van der Waals surface area contributed by atoms with Crippen molar-refractivity contribution in [2.75, 3.05) is 34.4 Å². The van der Waals surface area contributed by atoms with E-state index in [2.05, 4.69) is 0 Å². The van der Waals surface area contributed by atoms with Gasteiger partial charge in [0.1, 0.15) is 5.75 Å².